The molecule has 1 atom stereocenters. The smallest absolute Gasteiger partial charge is 0.273 e. The molecule has 1 saturated heterocycles. The minimum atomic E-state index is -0.185. The standard InChI is InChI=1S/C19H24ClN3O2/c1-13(2)18-17(22-12-25-18)19(24)21-11-16(23-9-3-4-10-23)14-5-7-15(20)8-6-14/h5-8,12-13,16H,3-4,9-11H2,1-2H3,(H,21,24)/t16-/m1/s1. The first-order valence-electron chi connectivity index (χ1n) is 8.77. The van der Waals surface area contributed by atoms with Gasteiger partial charge in [0.25, 0.3) is 5.91 Å². The molecule has 1 amide bonds. The molecule has 3 rings (SSSR count). The Hall–Kier alpha value is -1.85. The average molecular weight is 362 g/mol. The van der Waals surface area contributed by atoms with E-state index >= 15 is 0 Å². The van der Waals surface area contributed by atoms with Crippen LogP contribution in [0.2, 0.25) is 5.02 Å². The summed E-state index contributed by atoms with van der Waals surface area (Å²) in [6.45, 7) is 6.59. The molecule has 134 valence electrons. The lowest BCUT2D eigenvalue weighted by Gasteiger charge is -2.28. The van der Waals surface area contributed by atoms with E-state index < -0.39 is 0 Å². The molecule has 0 radical (unpaired) electrons. The van der Waals surface area contributed by atoms with Crippen molar-refractivity contribution in [2.45, 2.75) is 38.6 Å². The third-order valence-electron chi connectivity index (χ3n) is 4.63. The van der Waals surface area contributed by atoms with E-state index in [1.807, 2.05) is 38.1 Å². The first-order chi connectivity index (χ1) is 12.1. The summed E-state index contributed by atoms with van der Waals surface area (Å²) in [5, 5.41) is 3.75. The number of halogens is 1. The maximum atomic E-state index is 12.6. The van der Waals surface area contributed by atoms with Gasteiger partial charge in [0.05, 0.1) is 6.04 Å². The molecule has 1 aliphatic rings. The van der Waals surface area contributed by atoms with Crippen molar-refractivity contribution in [3.05, 3.63) is 52.7 Å². The van der Waals surface area contributed by atoms with E-state index in [-0.39, 0.29) is 17.9 Å². The molecule has 2 aromatic rings. The van der Waals surface area contributed by atoms with Gasteiger partial charge >= 0.3 is 0 Å². The molecule has 1 N–H and O–H groups in total. The molecule has 1 aromatic carbocycles. The van der Waals surface area contributed by atoms with Crippen LogP contribution < -0.4 is 5.32 Å². The molecule has 25 heavy (non-hydrogen) atoms. The fourth-order valence-electron chi connectivity index (χ4n) is 3.30. The monoisotopic (exact) mass is 361 g/mol. The molecule has 1 aliphatic heterocycles. The number of rotatable bonds is 6. The predicted molar refractivity (Wildman–Crippen MR) is 97.9 cm³/mol. The SMILES string of the molecule is CC(C)c1ocnc1C(=O)NC[C@H](c1ccc(Cl)cc1)N1CCCC1. The zero-order chi connectivity index (χ0) is 17.8. The number of amides is 1. The number of oxazole rings is 1. The van der Waals surface area contributed by atoms with Gasteiger partial charge < -0.3 is 9.73 Å². The molecule has 0 bridgehead atoms. The molecule has 5 nitrogen and oxygen atoms in total. The fraction of sp³-hybridized carbons (Fsp3) is 0.474. The summed E-state index contributed by atoms with van der Waals surface area (Å²) >= 11 is 6.02. The Bertz CT molecular complexity index is 706. The van der Waals surface area contributed by atoms with Crippen LogP contribution in [0.4, 0.5) is 0 Å². The normalized spacial score (nSPS) is 16.3. The van der Waals surface area contributed by atoms with Gasteiger partial charge in [0.15, 0.2) is 12.1 Å². The van der Waals surface area contributed by atoms with E-state index in [9.17, 15) is 4.79 Å². The van der Waals surface area contributed by atoms with Gasteiger partial charge in [-0.25, -0.2) is 4.98 Å². The van der Waals surface area contributed by atoms with E-state index in [0.29, 0.717) is 18.0 Å². The summed E-state index contributed by atoms with van der Waals surface area (Å²) < 4.78 is 5.35. The molecule has 1 fully saturated rings. The number of nitrogens with zero attached hydrogens (tertiary/aromatic N) is 2. The Balaban J connectivity index is 1.73. The number of likely N-dealkylation sites (tertiary alicyclic amines) is 1. The largest absolute Gasteiger partial charge is 0.447 e. The summed E-state index contributed by atoms with van der Waals surface area (Å²) in [5.74, 6) is 0.561. The number of hydrogen-bond donors (Lipinski definition) is 1. The molecular weight excluding hydrogens is 338 g/mol. The fourth-order valence-corrected chi connectivity index (χ4v) is 3.43. The van der Waals surface area contributed by atoms with Gasteiger partial charge in [-0.15, -0.1) is 0 Å². The van der Waals surface area contributed by atoms with Crippen molar-refractivity contribution in [1.29, 1.82) is 0 Å². The molecule has 1 aromatic heterocycles. The average Bonchev–Trinajstić information content (AvgIpc) is 3.28. The number of carbonyl (C=O) groups excluding carboxylic acids is 1. The summed E-state index contributed by atoms with van der Waals surface area (Å²) in [7, 11) is 0. The van der Waals surface area contributed by atoms with Gasteiger partial charge in [0.2, 0.25) is 0 Å². The summed E-state index contributed by atoms with van der Waals surface area (Å²) in [6, 6.07) is 8.01. The van der Waals surface area contributed by atoms with Crippen LogP contribution in [-0.4, -0.2) is 35.4 Å². The van der Waals surface area contributed by atoms with Gasteiger partial charge in [0, 0.05) is 17.5 Å². The second kappa shape index (κ2) is 8.02. The number of hydrogen-bond acceptors (Lipinski definition) is 4. The van der Waals surface area contributed by atoms with Crippen LogP contribution in [0.3, 0.4) is 0 Å². The van der Waals surface area contributed by atoms with Crippen LogP contribution in [0.15, 0.2) is 35.1 Å². The Morgan fingerprint density at radius 1 is 1.28 bits per heavy atom. The van der Waals surface area contributed by atoms with Crippen molar-refractivity contribution < 1.29 is 9.21 Å². The van der Waals surface area contributed by atoms with Crippen LogP contribution in [0.5, 0.6) is 0 Å². The molecule has 0 spiro atoms. The van der Waals surface area contributed by atoms with Gasteiger partial charge in [-0.2, -0.15) is 0 Å². The number of nitrogens with one attached hydrogen (secondary N) is 1. The van der Waals surface area contributed by atoms with Crippen LogP contribution in [0.25, 0.3) is 0 Å². The highest BCUT2D eigenvalue weighted by Crippen LogP contribution is 2.26. The van der Waals surface area contributed by atoms with Gasteiger partial charge in [0.1, 0.15) is 5.76 Å². The van der Waals surface area contributed by atoms with Gasteiger partial charge in [-0.05, 0) is 43.6 Å². The Morgan fingerprint density at radius 3 is 2.60 bits per heavy atom. The Kier molecular flexibility index (Phi) is 5.76. The van der Waals surface area contributed by atoms with Crippen molar-refractivity contribution >= 4 is 17.5 Å². The molecule has 2 heterocycles. The van der Waals surface area contributed by atoms with E-state index in [1.165, 1.54) is 19.2 Å². The van der Waals surface area contributed by atoms with Crippen LogP contribution in [0.1, 0.15) is 60.5 Å². The number of carbonyl (C=O) groups is 1. The lowest BCUT2D eigenvalue weighted by molar-refractivity contribution is 0.0931. The van der Waals surface area contributed by atoms with Crippen LogP contribution in [0, 0.1) is 0 Å². The van der Waals surface area contributed by atoms with Gasteiger partial charge in [-0.1, -0.05) is 37.6 Å². The zero-order valence-corrected chi connectivity index (χ0v) is 15.4. The molecule has 0 aliphatic carbocycles. The highest BCUT2D eigenvalue weighted by Gasteiger charge is 2.25. The third-order valence-corrected chi connectivity index (χ3v) is 4.88. The highest BCUT2D eigenvalue weighted by molar-refractivity contribution is 6.30. The Morgan fingerprint density at radius 2 is 1.96 bits per heavy atom. The quantitative estimate of drug-likeness (QED) is 0.844. The van der Waals surface area contributed by atoms with Gasteiger partial charge in [-0.3, -0.25) is 9.69 Å². The third kappa shape index (κ3) is 4.22. The minimum Gasteiger partial charge on any atom is -0.447 e. The minimum absolute atomic E-state index is 0.119. The molecule has 0 unspecified atom stereocenters. The Labute approximate surface area is 153 Å². The van der Waals surface area contributed by atoms with Crippen molar-refractivity contribution in [2.24, 2.45) is 0 Å². The van der Waals surface area contributed by atoms with E-state index in [0.717, 1.165) is 23.7 Å². The molecule has 6 heteroatoms. The van der Waals surface area contributed by atoms with Crippen molar-refractivity contribution in [3.8, 4) is 0 Å². The van der Waals surface area contributed by atoms with Crippen molar-refractivity contribution in [2.75, 3.05) is 19.6 Å². The topological polar surface area (TPSA) is 58.4 Å². The summed E-state index contributed by atoms with van der Waals surface area (Å²) in [6.07, 6.45) is 3.72. The first-order valence-corrected chi connectivity index (χ1v) is 9.15. The summed E-state index contributed by atoms with van der Waals surface area (Å²) in [4.78, 5) is 19.1. The van der Waals surface area contributed by atoms with E-state index in [2.05, 4.69) is 15.2 Å². The van der Waals surface area contributed by atoms with Crippen LogP contribution in [-0.2, 0) is 0 Å². The first kappa shape index (κ1) is 18.0. The molecule has 0 saturated carbocycles. The van der Waals surface area contributed by atoms with Crippen LogP contribution >= 0.6 is 11.6 Å². The summed E-state index contributed by atoms with van der Waals surface area (Å²) in [5.41, 5.74) is 1.54. The maximum Gasteiger partial charge on any atom is 0.273 e. The molecular formula is C19H24ClN3O2. The second-order valence-corrected chi connectivity index (χ2v) is 7.18. The number of benzene rings is 1. The van der Waals surface area contributed by atoms with Crippen molar-refractivity contribution in [3.63, 3.8) is 0 Å². The zero-order valence-electron chi connectivity index (χ0n) is 14.7. The maximum absolute atomic E-state index is 12.6. The second-order valence-electron chi connectivity index (χ2n) is 6.74. The lowest BCUT2D eigenvalue weighted by atomic mass is 10.1. The highest BCUT2D eigenvalue weighted by atomic mass is 35.5. The predicted octanol–water partition coefficient (Wildman–Crippen LogP) is 4.02. The lowest BCUT2D eigenvalue weighted by Crippen LogP contribution is -2.37. The van der Waals surface area contributed by atoms with E-state index in [1.54, 1.807) is 0 Å². The van der Waals surface area contributed by atoms with E-state index in [4.69, 9.17) is 16.0 Å². The number of aromatic nitrogens is 1. The van der Waals surface area contributed by atoms with Crippen molar-refractivity contribution in [1.82, 2.24) is 15.2 Å².